The second kappa shape index (κ2) is 7.02. The molecule has 1 aromatic rings. The first-order chi connectivity index (χ1) is 9.01. The maximum atomic E-state index is 12.6. The number of nitrogens with two attached hydrogens (primary N) is 1. The van der Waals surface area contributed by atoms with Gasteiger partial charge in [0.05, 0.1) is 5.56 Å². The molecule has 4 heteroatoms. The van der Waals surface area contributed by atoms with E-state index in [2.05, 4.69) is 13.8 Å². The second-order valence-electron chi connectivity index (χ2n) is 4.88. The van der Waals surface area contributed by atoms with E-state index in [-0.39, 0.29) is 17.7 Å². The first kappa shape index (κ1) is 15.3. The summed E-state index contributed by atoms with van der Waals surface area (Å²) in [6.07, 6.45) is 2.90. The molecule has 0 aliphatic carbocycles. The summed E-state index contributed by atoms with van der Waals surface area (Å²) < 4.78 is 0. The van der Waals surface area contributed by atoms with Gasteiger partial charge in [0.1, 0.15) is 5.75 Å². The Morgan fingerprint density at radius 1 is 1.42 bits per heavy atom. The molecule has 0 saturated heterocycles. The number of rotatable bonds is 6. The van der Waals surface area contributed by atoms with Crippen LogP contribution in [-0.2, 0) is 0 Å². The number of carbonyl (C=O) groups is 1. The minimum absolute atomic E-state index is 0.0668. The highest BCUT2D eigenvalue weighted by Gasteiger charge is 2.22. The van der Waals surface area contributed by atoms with Gasteiger partial charge in [-0.15, -0.1) is 0 Å². The number of anilines is 1. The second-order valence-corrected chi connectivity index (χ2v) is 4.88. The van der Waals surface area contributed by atoms with Crippen LogP contribution in [0.5, 0.6) is 5.75 Å². The van der Waals surface area contributed by atoms with Crippen LogP contribution < -0.4 is 5.73 Å². The zero-order valence-electron chi connectivity index (χ0n) is 12.0. The number of nitrogen functional groups attached to an aromatic ring is 1. The molecule has 106 valence electrons. The summed E-state index contributed by atoms with van der Waals surface area (Å²) >= 11 is 0. The topological polar surface area (TPSA) is 66.6 Å². The van der Waals surface area contributed by atoms with Crippen molar-refractivity contribution < 1.29 is 9.90 Å². The van der Waals surface area contributed by atoms with Gasteiger partial charge in [-0.1, -0.05) is 20.3 Å². The molecule has 0 aliphatic rings. The standard InChI is InChI=1S/C15H24N2O2/c1-4-6-9-17(11(3)5-2)15(19)13-10-12(18)7-8-14(13)16/h7-8,10-11,18H,4-6,9,16H2,1-3H3. The molecule has 3 N–H and O–H groups in total. The van der Waals surface area contributed by atoms with Crippen LogP contribution in [0.1, 0.15) is 50.4 Å². The first-order valence-corrected chi connectivity index (χ1v) is 6.90. The zero-order chi connectivity index (χ0) is 14.4. The van der Waals surface area contributed by atoms with Gasteiger partial charge in [0.25, 0.3) is 5.91 Å². The largest absolute Gasteiger partial charge is 0.508 e. The van der Waals surface area contributed by atoms with E-state index in [1.54, 1.807) is 6.07 Å². The molecular formula is C15H24N2O2. The number of amides is 1. The van der Waals surface area contributed by atoms with E-state index in [0.717, 1.165) is 25.8 Å². The van der Waals surface area contributed by atoms with Crippen molar-refractivity contribution in [3.8, 4) is 5.75 Å². The molecule has 1 unspecified atom stereocenters. The summed E-state index contributed by atoms with van der Waals surface area (Å²) in [6.45, 7) is 6.91. The van der Waals surface area contributed by atoms with E-state index in [0.29, 0.717) is 11.3 Å². The minimum Gasteiger partial charge on any atom is -0.508 e. The molecule has 0 heterocycles. The normalized spacial score (nSPS) is 12.2. The van der Waals surface area contributed by atoms with Crippen LogP contribution >= 0.6 is 0 Å². The number of carbonyl (C=O) groups excluding carboxylic acids is 1. The number of nitrogens with zero attached hydrogens (tertiary/aromatic N) is 1. The van der Waals surface area contributed by atoms with Crippen molar-refractivity contribution in [2.24, 2.45) is 0 Å². The van der Waals surface area contributed by atoms with Crippen LogP contribution in [0.2, 0.25) is 0 Å². The molecule has 1 atom stereocenters. The molecule has 0 fully saturated rings. The van der Waals surface area contributed by atoms with E-state index >= 15 is 0 Å². The maximum absolute atomic E-state index is 12.6. The molecule has 0 bridgehead atoms. The molecule has 0 spiro atoms. The highest BCUT2D eigenvalue weighted by Crippen LogP contribution is 2.22. The van der Waals surface area contributed by atoms with E-state index < -0.39 is 0 Å². The van der Waals surface area contributed by atoms with E-state index in [9.17, 15) is 9.90 Å². The van der Waals surface area contributed by atoms with Gasteiger partial charge >= 0.3 is 0 Å². The van der Waals surface area contributed by atoms with Gasteiger partial charge in [-0.25, -0.2) is 0 Å². The molecule has 0 aromatic heterocycles. The molecular weight excluding hydrogens is 240 g/mol. The monoisotopic (exact) mass is 264 g/mol. The third kappa shape index (κ3) is 3.88. The summed E-state index contributed by atoms with van der Waals surface area (Å²) in [7, 11) is 0. The fourth-order valence-electron chi connectivity index (χ4n) is 1.96. The molecule has 1 amide bonds. The predicted molar refractivity (Wildman–Crippen MR) is 78.2 cm³/mol. The van der Waals surface area contributed by atoms with Crippen molar-refractivity contribution in [3.05, 3.63) is 23.8 Å². The van der Waals surface area contributed by atoms with Crippen LogP contribution in [-0.4, -0.2) is 28.5 Å². The Morgan fingerprint density at radius 3 is 2.68 bits per heavy atom. The summed E-state index contributed by atoms with van der Waals surface area (Å²) in [5.74, 6) is -0.0339. The highest BCUT2D eigenvalue weighted by molar-refractivity contribution is 5.99. The average molecular weight is 264 g/mol. The number of hydrogen-bond acceptors (Lipinski definition) is 3. The minimum atomic E-state index is -0.101. The molecule has 19 heavy (non-hydrogen) atoms. The zero-order valence-corrected chi connectivity index (χ0v) is 12.0. The van der Waals surface area contributed by atoms with Crippen molar-refractivity contribution >= 4 is 11.6 Å². The van der Waals surface area contributed by atoms with E-state index in [4.69, 9.17) is 5.73 Å². The Morgan fingerprint density at radius 2 is 2.11 bits per heavy atom. The highest BCUT2D eigenvalue weighted by atomic mass is 16.3. The van der Waals surface area contributed by atoms with Crippen molar-refractivity contribution in [2.45, 2.75) is 46.1 Å². The van der Waals surface area contributed by atoms with Gasteiger partial charge in [0.15, 0.2) is 0 Å². The SMILES string of the molecule is CCCCN(C(=O)c1cc(O)ccc1N)C(C)CC. The number of phenols is 1. The Balaban J connectivity index is 3.00. The van der Waals surface area contributed by atoms with Crippen LogP contribution in [0.4, 0.5) is 5.69 Å². The van der Waals surface area contributed by atoms with Crippen molar-refractivity contribution in [2.75, 3.05) is 12.3 Å². The number of unbranched alkanes of at least 4 members (excludes halogenated alkanes) is 1. The fourth-order valence-corrected chi connectivity index (χ4v) is 1.96. The van der Waals surface area contributed by atoms with Crippen molar-refractivity contribution in [1.82, 2.24) is 4.90 Å². The summed E-state index contributed by atoms with van der Waals surface area (Å²) in [5, 5.41) is 9.51. The number of aromatic hydroxyl groups is 1. The smallest absolute Gasteiger partial charge is 0.256 e. The summed E-state index contributed by atoms with van der Waals surface area (Å²) in [4.78, 5) is 14.4. The molecule has 0 saturated carbocycles. The van der Waals surface area contributed by atoms with E-state index in [1.165, 1.54) is 12.1 Å². The van der Waals surface area contributed by atoms with Crippen molar-refractivity contribution in [3.63, 3.8) is 0 Å². The predicted octanol–water partition coefficient (Wildman–Crippen LogP) is 3.02. The third-order valence-corrected chi connectivity index (χ3v) is 3.40. The van der Waals surface area contributed by atoms with E-state index in [1.807, 2.05) is 11.8 Å². The molecule has 1 rings (SSSR count). The van der Waals surface area contributed by atoms with Gasteiger partial charge in [0, 0.05) is 18.3 Å². The Kier molecular flexibility index (Phi) is 5.67. The number of hydrogen-bond donors (Lipinski definition) is 2. The van der Waals surface area contributed by atoms with Gasteiger partial charge < -0.3 is 15.7 Å². The van der Waals surface area contributed by atoms with Crippen LogP contribution in [0.25, 0.3) is 0 Å². The lowest BCUT2D eigenvalue weighted by Crippen LogP contribution is -2.39. The first-order valence-electron chi connectivity index (χ1n) is 6.90. The molecule has 0 radical (unpaired) electrons. The van der Waals surface area contributed by atoms with Crippen molar-refractivity contribution in [1.29, 1.82) is 0 Å². The Labute approximate surface area is 115 Å². The lowest BCUT2D eigenvalue weighted by molar-refractivity contribution is 0.0686. The van der Waals surface area contributed by atoms with Gasteiger partial charge in [-0.05, 0) is 38.0 Å². The fraction of sp³-hybridized carbons (Fsp3) is 0.533. The molecule has 0 aliphatic heterocycles. The van der Waals surface area contributed by atoms with Crippen LogP contribution in [0, 0.1) is 0 Å². The number of phenolic OH excluding ortho intramolecular Hbond substituents is 1. The van der Waals surface area contributed by atoms with Gasteiger partial charge in [-0.2, -0.15) is 0 Å². The average Bonchev–Trinajstić information content (AvgIpc) is 2.41. The maximum Gasteiger partial charge on any atom is 0.256 e. The lowest BCUT2D eigenvalue weighted by atomic mass is 10.1. The Hall–Kier alpha value is -1.71. The van der Waals surface area contributed by atoms with Crippen LogP contribution in [0.3, 0.4) is 0 Å². The third-order valence-electron chi connectivity index (χ3n) is 3.40. The Bertz CT molecular complexity index is 432. The molecule has 1 aromatic carbocycles. The van der Waals surface area contributed by atoms with Gasteiger partial charge in [-0.3, -0.25) is 4.79 Å². The summed E-state index contributed by atoms with van der Waals surface area (Å²) in [5.41, 5.74) is 6.64. The summed E-state index contributed by atoms with van der Waals surface area (Å²) in [6, 6.07) is 4.67. The lowest BCUT2D eigenvalue weighted by Gasteiger charge is -2.29. The number of benzene rings is 1. The van der Waals surface area contributed by atoms with Crippen LogP contribution in [0.15, 0.2) is 18.2 Å². The van der Waals surface area contributed by atoms with Gasteiger partial charge in [0.2, 0.25) is 0 Å². The quantitative estimate of drug-likeness (QED) is 0.613. The molecule has 4 nitrogen and oxygen atoms in total.